The molecule has 124 valence electrons. The molecule has 0 aromatic heterocycles. The van der Waals surface area contributed by atoms with E-state index >= 15 is 0 Å². The van der Waals surface area contributed by atoms with Gasteiger partial charge in [0.2, 0.25) is 0 Å². The minimum atomic E-state index is -3.45. The Morgan fingerprint density at radius 2 is 1.82 bits per heavy atom. The molecule has 1 aromatic carbocycles. The third kappa shape index (κ3) is 7.89. The van der Waals surface area contributed by atoms with Gasteiger partial charge in [0.05, 0.1) is 6.61 Å². The van der Waals surface area contributed by atoms with Crippen LogP contribution >= 0.6 is 7.60 Å². The summed E-state index contributed by atoms with van der Waals surface area (Å²) in [5.74, 6) is -0.568. The lowest BCUT2D eigenvalue weighted by Gasteiger charge is -2.25. The molecule has 0 fully saturated rings. The van der Waals surface area contributed by atoms with E-state index in [9.17, 15) is 9.36 Å². The second-order valence-electron chi connectivity index (χ2n) is 5.95. The Hall–Kier alpha value is -0.943. The second kappa shape index (κ2) is 8.63. The average molecular weight is 344 g/mol. The van der Waals surface area contributed by atoms with Gasteiger partial charge in [-0.1, -0.05) is 37.3 Å². The molecule has 5 nitrogen and oxygen atoms in total. The lowest BCUT2D eigenvalue weighted by atomic mass is 10.2. The SMILES string of the molecule is CCCOP(=O)(CC(=O)OCc1ccccc1)O[Si](C)(C)C. The van der Waals surface area contributed by atoms with Gasteiger partial charge in [-0.3, -0.25) is 9.36 Å². The highest BCUT2D eigenvalue weighted by molar-refractivity contribution is 7.56. The Kier molecular flexibility index (Phi) is 7.49. The van der Waals surface area contributed by atoms with Crippen LogP contribution in [0.15, 0.2) is 30.3 Å². The average Bonchev–Trinajstić information content (AvgIpc) is 2.42. The molecule has 1 atom stereocenters. The van der Waals surface area contributed by atoms with Gasteiger partial charge in [0, 0.05) is 0 Å². The standard InChI is InChI=1S/C15H25O5PSi/c1-5-11-19-21(17,20-22(2,3)4)13-15(16)18-12-14-9-7-6-8-10-14/h6-10H,5,11-13H2,1-4H3. The van der Waals surface area contributed by atoms with Gasteiger partial charge in [0.1, 0.15) is 12.8 Å². The van der Waals surface area contributed by atoms with E-state index in [1.807, 2.05) is 56.9 Å². The van der Waals surface area contributed by atoms with Gasteiger partial charge in [-0.15, -0.1) is 0 Å². The fourth-order valence-electron chi connectivity index (χ4n) is 1.69. The van der Waals surface area contributed by atoms with Crippen molar-refractivity contribution in [2.45, 2.75) is 39.6 Å². The molecule has 7 heteroatoms. The van der Waals surface area contributed by atoms with Crippen LogP contribution in [0.1, 0.15) is 18.9 Å². The first-order chi connectivity index (χ1) is 10.2. The van der Waals surface area contributed by atoms with Crippen LogP contribution in [0.2, 0.25) is 19.6 Å². The maximum atomic E-state index is 12.7. The van der Waals surface area contributed by atoms with Crippen LogP contribution in [0, 0.1) is 0 Å². The molecule has 0 spiro atoms. The minimum absolute atomic E-state index is 0.153. The van der Waals surface area contributed by atoms with Crippen LogP contribution in [0.25, 0.3) is 0 Å². The van der Waals surface area contributed by atoms with E-state index in [-0.39, 0.29) is 12.8 Å². The molecule has 22 heavy (non-hydrogen) atoms. The van der Waals surface area contributed by atoms with Crippen molar-refractivity contribution in [3.63, 3.8) is 0 Å². The largest absolute Gasteiger partial charge is 0.460 e. The van der Waals surface area contributed by atoms with Gasteiger partial charge in [0.15, 0.2) is 8.32 Å². The number of carbonyl (C=O) groups is 1. The van der Waals surface area contributed by atoms with E-state index in [0.29, 0.717) is 13.0 Å². The minimum Gasteiger partial charge on any atom is -0.460 e. The van der Waals surface area contributed by atoms with Crippen LogP contribution in [0.5, 0.6) is 0 Å². The maximum absolute atomic E-state index is 12.7. The van der Waals surface area contributed by atoms with Gasteiger partial charge in [-0.25, -0.2) is 0 Å². The third-order valence-electron chi connectivity index (χ3n) is 2.47. The molecule has 0 N–H and O–H groups in total. The third-order valence-corrected chi connectivity index (χ3v) is 7.00. The number of rotatable bonds is 9. The van der Waals surface area contributed by atoms with E-state index < -0.39 is 21.9 Å². The van der Waals surface area contributed by atoms with Crippen molar-refractivity contribution >= 4 is 21.9 Å². The van der Waals surface area contributed by atoms with Crippen molar-refractivity contribution in [3.05, 3.63) is 35.9 Å². The zero-order valence-corrected chi connectivity index (χ0v) is 15.6. The Balaban J connectivity index is 2.60. The smallest absolute Gasteiger partial charge is 0.332 e. The summed E-state index contributed by atoms with van der Waals surface area (Å²) in [6, 6.07) is 9.34. The lowest BCUT2D eigenvalue weighted by Crippen LogP contribution is -2.26. The highest BCUT2D eigenvalue weighted by Gasteiger charge is 2.34. The molecule has 0 heterocycles. The zero-order chi connectivity index (χ0) is 16.6. The topological polar surface area (TPSA) is 61.8 Å². The summed E-state index contributed by atoms with van der Waals surface area (Å²) in [5, 5.41) is 0. The maximum Gasteiger partial charge on any atom is 0.332 e. The van der Waals surface area contributed by atoms with Crippen molar-refractivity contribution in [3.8, 4) is 0 Å². The Morgan fingerprint density at radius 1 is 1.18 bits per heavy atom. The summed E-state index contributed by atoms with van der Waals surface area (Å²) < 4.78 is 28.8. The van der Waals surface area contributed by atoms with Gasteiger partial charge in [-0.2, -0.15) is 0 Å². The first-order valence-corrected chi connectivity index (χ1v) is 12.5. The highest BCUT2D eigenvalue weighted by atomic mass is 31.2. The number of esters is 1. The molecule has 1 aromatic rings. The van der Waals surface area contributed by atoms with Crippen molar-refractivity contribution in [2.24, 2.45) is 0 Å². The number of ether oxygens (including phenoxy) is 1. The number of hydrogen-bond acceptors (Lipinski definition) is 5. The van der Waals surface area contributed by atoms with Crippen molar-refractivity contribution in [2.75, 3.05) is 12.8 Å². The van der Waals surface area contributed by atoms with Crippen molar-refractivity contribution in [1.29, 1.82) is 0 Å². The molecular weight excluding hydrogens is 319 g/mol. The number of carbonyl (C=O) groups excluding carboxylic acids is 1. The van der Waals surface area contributed by atoms with Crippen molar-refractivity contribution in [1.82, 2.24) is 0 Å². The first kappa shape index (κ1) is 19.1. The van der Waals surface area contributed by atoms with Gasteiger partial charge in [-0.05, 0) is 31.6 Å². The molecule has 0 aliphatic rings. The molecule has 1 unspecified atom stereocenters. The molecular formula is C15H25O5PSi. The summed E-state index contributed by atoms with van der Waals surface area (Å²) in [7, 11) is -5.54. The summed E-state index contributed by atoms with van der Waals surface area (Å²) in [6.07, 6.45) is 0.363. The quantitative estimate of drug-likeness (QED) is 0.382. The second-order valence-corrected chi connectivity index (χ2v) is 12.7. The van der Waals surface area contributed by atoms with Crippen molar-refractivity contribution < 1.29 is 22.8 Å². The number of hydrogen-bond donors (Lipinski definition) is 0. The van der Waals surface area contributed by atoms with Gasteiger partial charge >= 0.3 is 13.6 Å². The predicted octanol–water partition coefficient (Wildman–Crippen LogP) is 4.20. The van der Waals surface area contributed by atoms with Crippen LogP contribution in [-0.2, 0) is 29.4 Å². The monoisotopic (exact) mass is 344 g/mol. The molecule has 0 aliphatic carbocycles. The normalized spacial score (nSPS) is 14.4. The van der Waals surface area contributed by atoms with E-state index in [1.165, 1.54) is 0 Å². The van der Waals surface area contributed by atoms with Crippen LogP contribution in [-0.4, -0.2) is 27.1 Å². The number of benzene rings is 1. The fraction of sp³-hybridized carbons (Fsp3) is 0.533. The summed E-state index contributed by atoms with van der Waals surface area (Å²) in [5.41, 5.74) is 0.881. The van der Waals surface area contributed by atoms with E-state index in [4.69, 9.17) is 13.5 Å². The summed E-state index contributed by atoms with van der Waals surface area (Å²) >= 11 is 0. The van der Waals surface area contributed by atoms with Crippen LogP contribution in [0.3, 0.4) is 0 Å². The summed E-state index contributed by atoms with van der Waals surface area (Å²) in [6.45, 7) is 8.08. The molecule has 0 saturated carbocycles. The zero-order valence-electron chi connectivity index (χ0n) is 13.7. The molecule has 0 bridgehead atoms. The molecule has 0 saturated heterocycles. The van der Waals surface area contributed by atoms with E-state index in [0.717, 1.165) is 5.56 Å². The molecule has 0 amide bonds. The Labute approximate surface area is 133 Å². The predicted molar refractivity (Wildman–Crippen MR) is 89.4 cm³/mol. The van der Waals surface area contributed by atoms with E-state index in [2.05, 4.69) is 0 Å². The summed E-state index contributed by atoms with van der Waals surface area (Å²) in [4.78, 5) is 11.9. The van der Waals surface area contributed by atoms with E-state index in [1.54, 1.807) is 0 Å². The fourth-order valence-corrected chi connectivity index (χ4v) is 6.46. The van der Waals surface area contributed by atoms with Gasteiger partial charge < -0.3 is 13.5 Å². The molecule has 0 aliphatic heterocycles. The Bertz CT molecular complexity index is 512. The molecule has 1 rings (SSSR count). The Morgan fingerprint density at radius 3 is 2.36 bits per heavy atom. The first-order valence-electron chi connectivity index (χ1n) is 7.38. The van der Waals surface area contributed by atoms with Crippen LogP contribution in [0.4, 0.5) is 0 Å². The van der Waals surface area contributed by atoms with Gasteiger partial charge in [0.25, 0.3) is 0 Å². The van der Waals surface area contributed by atoms with Crippen LogP contribution < -0.4 is 0 Å². The highest BCUT2D eigenvalue weighted by Crippen LogP contribution is 2.50. The lowest BCUT2D eigenvalue weighted by molar-refractivity contribution is -0.142. The molecule has 0 radical (unpaired) electrons.